The Kier molecular flexibility index (Phi) is 10.8. The molecule has 2 aliphatic rings. The average molecular weight is 533 g/mol. The summed E-state index contributed by atoms with van der Waals surface area (Å²) in [4.78, 5) is 20.9. The number of likely N-dealkylation sites (tertiary alicyclic amines) is 1. The van der Waals surface area contributed by atoms with Gasteiger partial charge in [-0.2, -0.15) is 0 Å². The van der Waals surface area contributed by atoms with E-state index in [1.807, 2.05) is 17.0 Å². The number of guanidine groups is 1. The fraction of sp³-hybridized carbons (Fsp3) is 0.619. The van der Waals surface area contributed by atoms with Gasteiger partial charge in [-0.15, -0.1) is 24.0 Å². The zero-order valence-electron chi connectivity index (χ0n) is 17.6. The first-order valence-electron chi connectivity index (χ1n) is 10.5. The van der Waals surface area contributed by atoms with E-state index in [2.05, 4.69) is 20.5 Å². The highest BCUT2D eigenvalue weighted by Crippen LogP contribution is 2.21. The van der Waals surface area contributed by atoms with E-state index in [4.69, 9.17) is 4.74 Å². The molecule has 2 fully saturated rings. The van der Waals surface area contributed by atoms with Crippen molar-refractivity contribution in [2.24, 2.45) is 4.99 Å². The molecule has 0 spiro atoms. The Hall–Kier alpha value is -1.46. The molecule has 1 unspecified atom stereocenters. The minimum absolute atomic E-state index is 0. The van der Waals surface area contributed by atoms with Crippen LogP contribution in [0.15, 0.2) is 29.3 Å². The molecule has 1 aromatic rings. The molecular formula is C21H33FIN5O2. The van der Waals surface area contributed by atoms with Crippen LogP contribution in [-0.2, 0) is 9.53 Å². The Labute approximate surface area is 195 Å². The fourth-order valence-electron chi connectivity index (χ4n) is 3.86. The Morgan fingerprint density at radius 1 is 1.10 bits per heavy atom. The maximum atomic E-state index is 13.4. The zero-order valence-corrected chi connectivity index (χ0v) is 19.9. The smallest absolute Gasteiger partial charge is 0.241 e. The SMILES string of the molecule is CN=C(NCC(=O)N1CCCCC1)NCC(c1ccc(F)cc1)N1CCOCC1.I. The number of nitrogens with one attached hydrogen (secondary N) is 2. The number of morpholine rings is 1. The van der Waals surface area contributed by atoms with Crippen LogP contribution >= 0.6 is 24.0 Å². The minimum Gasteiger partial charge on any atom is -0.379 e. The molecule has 2 heterocycles. The zero-order chi connectivity index (χ0) is 20.5. The number of nitrogens with zero attached hydrogens (tertiary/aromatic N) is 3. The van der Waals surface area contributed by atoms with Crippen LogP contribution in [-0.4, -0.2) is 81.2 Å². The Balaban J connectivity index is 0.00000320. The van der Waals surface area contributed by atoms with Crippen molar-refractivity contribution < 1.29 is 13.9 Å². The van der Waals surface area contributed by atoms with Gasteiger partial charge in [0.2, 0.25) is 5.91 Å². The molecule has 2 N–H and O–H groups in total. The van der Waals surface area contributed by atoms with Gasteiger partial charge < -0.3 is 20.3 Å². The van der Waals surface area contributed by atoms with Crippen molar-refractivity contribution in [1.29, 1.82) is 0 Å². The van der Waals surface area contributed by atoms with Crippen molar-refractivity contribution in [2.45, 2.75) is 25.3 Å². The molecule has 7 nitrogen and oxygen atoms in total. The van der Waals surface area contributed by atoms with Crippen LogP contribution < -0.4 is 10.6 Å². The van der Waals surface area contributed by atoms with Gasteiger partial charge in [0, 0.05) is 39.8 Å². The molecule has 1 atom stereocenters. The van der Waals surface area contributed by atoms with Gasteiger partial charge in [-0.3, -0.25) is 14.7 Å². The number of halogens is 2. The fourth-order valence-corrected chi connectivity index (χ4v) is 3.86. The van der Waals surface area contributed by atoms with Crippen LogP contribution in [0, 0.1) is 5.82 Å². The highest BCUT2D eigenvalue weighted by Gasteiger charge is 2.23. The molecule has 2 saturated heterocycles. The Morgan fingerprint density at radius 3 is 2.40 bits per heavy atom. The van der Waals surface area contributed by atoms with Gasteiger partial charge in [0.25, 0.3) is 0 Å². The van der Waals surface area contributed by atoms with E-state index in [0.29, 0.717) is 25.7 Å². The van der Waals surface area contributed by atoms with Crippen LogP contribution in [0.25, 0.3) is 0 Å². The van der Waals surface area contributed by atoms with Crippen molar-refractivity contribution in [1.82, 2.24) is 20.4 Å². The number of aliphatic imine (C=N–C) groups is 1. The monoisotopic (exact) mass is 533 g/mol. The number of hydrogen-bond donors (Lipinski definition) is 2. The van der Waals surface area contributed by atoms with E-state index in [1.54, 1.807) is 7.05 Å². The molecule has 0 bridgehead atoms. The van der Waals surface area contributed by atoms with E-state index in [1.165, 1.54) is 18.6 Å². The number of ether oxygens (including phenoxy) is 1. The maximum Gasteiger partial charge on any atom is 0.241 e. The van der Waals surface area contributed by atoms with Gasteiger partial charge in [0.05, 0.1) is 25.8 Å². The molecule has 0 aliphatic carbocycles. The highest BCUT2D eigenvalue weighted by molar-refractivity contribution is 14.0. The Morgan fingerprint density at radius 2 is 1.77 bits per heavy atom. The second kappa shape index (κ2) is 13.1. The molecule has 1 aromatic carbocycles. The summed E-state index contributed by atoms with van der Waals surface area (Å²) in [6, 6.07) is 6.71. The molecule has 30 heavy (non-hydrogen) atoms. The van der Waals surface area contributed by atoms with Crippen molar-refractivity contribution in [2.75, 3.05) is 59.5 Å². The van der Waals surface area contributed by atoms with Gasteiger partial charge in [-0.25, -0.2) is 4.39 Å². The van der Waals surface area contributed by atoms with Crippen molar-refractivity contribution in [3.05, 3.63) is 35.6 Å². The average Bonchev–Trinajstić information content (AvgIpc) is 2.78. The molecule has 9 heteroatoms. The first kappa shape index (κ1) is 24.8. The molecule has 0 aromatic heterocycles. The minimum atomic E-state index is -0.240. The summed E-state index contributed by atoms with van der Waals surface area (Å²) < 4.78 is 18.9. The van der Waals surface area contributed by atoms with Crippen LogP contribution in [0.3, 0.4) is 0 Å². The van der Waals surface area contributed by atoms with Gasteiger partial charge in [0.1, 0.15) is 5.82 Å². The summed E-state index contributed by atoms with van der Waals surface area (Å²) in [5.74, 6) is 0.461. The Bertz CT molecular complexity index is 676. The lowest BCUT2D eigenvalue weighted by Crippen LogP contribution is -2.48. The van der Waals surface area contributed by atoms with Crippen LogP contribution in [0.5, 0.6) is 0 Å². The molecule has 168 valence electrons. The van der Waals surface area contributed by atoms with Crippen LogP contribution in [0.4, 0.5) is 4.39 Å². The first-order chi connectivity index (χ1) is 14.2. The number of amides is 1. The number of carbonyl (C=O) groups excluding carboxylic acids is 1. The van der Waals surface area contributed by atoms with E-state index in [-0.39, 0.29) is 48.3 Å². The standard InChI is InChI=1S/C21H32FN5O2.HI/c1-23-21(25-16-20(28)27-9-3-2-4-10-27)24-15-19(26-11-13-29-14-12-26)17-5-7-18(22)8-6-17;/h5-8,19H,2-4,9-16H2,1H3,(H2,23,24,25);1H. The maximum absolute atomic E-state index is 13.4. The molecule has 2 aliphatic heterocycles. The normalized spacial score (nSPS) is 19.0. The van der Waals surface area contributed by atoms with Crippen LogP contribution in [0.1, 0.15) is 30.9 Å². The van der Waals surface area contributed by atoms with E-state index < -0.39 is 0 Å². The third-order valence-corrected chi connectivity index (χ3v) is 5.54. The molecule has 0 saturated carbocycles. The van der Waals surface area contributed by atoms with Gasteiger partial charge in [-0.1, -0.05) is 12.1 Å². The third kappa shape index (κ3) is 7.35. The van der Waals surface area contributed by atoms with E-state index in [9.17, 15) is 9.18 Å². The number of benzene rings is 1. The van der Waals surface area contributed by atoms with Crippen molar-refractivity contribution >= 4 is 35.8 Å². The summed E-state index contributed by atoms with van der Waals surface area (Å²) >= 11 is 0. The quantitative estimate of drug-likeness (QED) is 0.333. The second-order valence-electron chi connectivity index (χ2n) is 7.46. The van der Waals surface area contributed by atoms with Gasteiger partial charge >= 0.3 is 0 Å². The largest absolute Gasteiger partial charge is 0.379 e. The third-order valence-electron chi connectivity index (χ3n) is 5.54. The van der Waals surface area contributed by atoms with Gasteiger partial charge in [0.15, 0.2) is 5.96 Å². The van der Waals surface area contributed by atoms with E-state index >= 15 is 0 Å². The lowest BCUT2D eigenvalue weighted by Gasteiger charge is -2.35. The van der Waals surface area contributed by atoms with E-state index in [0.717, 1.165) is 44.6 Å². The summed E-state index contributed by atoms with van der Waals surface area (Å²) in [5.41, 5.74) is 1.04. The summed E-state index contributed by atoms with van der Waals surface area (Å²) in [6.45, 7) is 5.55. The van der Waals surface area contributed by atoms with Crippen LogP contribution in [0.2, 0.25) is 0 Å². The molecule has 3 rings (SSSR count). The lowest BCUT2D eigenvalue weighted by atomic mass is 10.0. The highest BCUT2D eigenvalue weighted by atomic mass is 127. The first-order valence-corrected chi connectivity index (χ1v) is 10.5. The molecular weight excluding hydrogens is 500 g/mol. The summed E-state index contributed by atoms with van der Waals surface area (Å²) in [6.07, 6.45) is 3.36. The van der Waals surface area contributed by atoms with Crippen molar-refractivity contribution in [3.63, 3.8) is 0 Å². The number of hydrogen-bond acceptors (Lipinski definition) is 4. The number of rotatable bonds is 6. The van der Waals surface area contributed by atoms with Gasteiger partial charge in [-0.05, 0) is 37.0 Å². The lowest BCUT2D eigenvalue weighted by molar-refractivity contribution is -0.130. The summed E-state index contributed by atoms with van der Waals surface area (Å²) in [7, 11) is 1.70. The predicted molar refractivity (Wildman–Crippen MR) is 127 cm³/mol. The molecule has 1 amide bonds. The predicted octanol–water partition coefficient (Wildman–Crippen LogP) is 1.99. The number of carbonyl (C=O) groups is 1. The van der Waals surface area contributed by atoms with Crippen molar-refractivity contribution in [3.8, 4) is 0 Å². The topological polar surface area (TPSA) is 69.2 Å². The second-order valence-corrected chi connectivity index (χ2v) is 7.46. The summed E-state index contributed by atoms with van der Waals surface area (Å²) in [5, 5.41) is 6.46. The number of piperidine rings is 1. The molecule has 0 radical (unpaired) electrons.